The highest BCUT2D eigenvalue weighted by Gasteiger charge is 2.23. The Bertz CT molecular complexity index is 893. The van der Waals surface area contributed by atoms with Crippen LogP contribution >= 0.6 is 11.6 Å². The third-order valence-electron chi connectivity index (χ3n) is 5.57. The molecule has 2 aromatic rings. The maximum Gasteiger partial charge on any atom is 0.226 e. The average molecular weight is 445 g/mol. The second kappa shape index (κ2) is 11.0. The Morgan fingerprint density at radius 1 is 1.00 bits per heavy atom. The fourth-order valence-corrected chi connectivity index (χ4v) is 3.88. The second-order valence-corrected chi connectivity index (χ2v) is 8.15. The highest BCUT2D eigenvalue weighted by Crippen LogP contribution is 2.28. The molecule has 0 unspecified atom stereocenters. The first kappa shape index (κ1) is 22.9. The summed E-state index contributed by atoms with van der Waals surface area (Å²) in [4.78, 5) is 26.8. The molecule has 1 aliphatic rings. The smallest absolute Gasteiger partial charge is 0.226 e. The van der Waals surface area contributed by atoms with E-state index in [2.05, 4.69) is 5.32 Å². The molecule has 166 valence electrons. The molecule has 1 heterocycles. The zero-order chi connectivity index (χ0) is 22.2. The Labute approximate surface area is 188 Å². The molecule has 0 radical (unpaired) electrons. The molecule has 1 N–H and O–H groups in total. The average Bonchev–Trinajstić information content (AvgIpc) is 2.79. The minimum atomic E-state index is 0.0284. The lowest BCUT2D eigenvalue weighted by atomic mass is 10.0. The first-order chi connectivity index (χ1) is 15.0. The predicted molar refractivity (Wildman–Crippen MR) is 121 cm³/mol. The number of hydrogen-bond acceptors (Lipinski definition) is 4. The number of likely N-dealkylation sites (tertiary alicyclic amines) is 1. The van der Waals surface area contributed by atoms with E-state index in [1.807, 2.05) is 35.2 Å². The number of methoxy groups -OCH3 is 2. The van der Waals surface area contributed by atoms with Crippen LogP contribution in [-0.4, -0.2) is 50.1 Å². The maximum atomic E-state index is 12.5. The van der Waals surface area contributed by atoms with Crippen LogP contribution in [0.2, 0.25) is 5.02 Å². The topological polar surface area (TPSA) is 67.9 Å². The molecule has 1 saturated heterocycles. The number of hydrogen-bond donors (Lipinski definition) is 1. The largest absolute Gasteiger partial charge is 0.493 e. The molecular formula is C24H29ClN2O4. The molecular weight excluding hydrogens is 416 g/mol. The lowest BCUT2D eigenvalue weighted by Crippen LogP contribution is -2.47. The van der Waals surface area contributed by atoms with Gasteiger partial charge in [0.1, 0.15) is 0 Å². The van der Waals surface area contributed by atoms with E-state index < -0.39 is 0 Å². The molecule has 2 aromatic carbocycles. The minimum absolute atomic E-state index is 0.0284. The number of benzene rings is 2. The van der Waals surface area contributed by atoms with E-state index in [4.69, 9.17) is 21.1 Å². The summed E-state index contributed by atoms with van der Waals surface area (Å²) in [6, 6.07) is 13.2. The Morgan fingerprint density at radius 2 is 1.65 bits per heavy atom. The van der Waals surface area contributed by atoms with Crippen LogP contribution in [0.4, 0.5) is 0 Å². The summed E-state index contributed by atoms with van der Waals surface area (Å²) in [5.41, 5.74) is 1.98. The molecule has 0 bridgehead atoms. The fraction of sp³-hybridized carbons (Fsp3) is 0.417. The van der Waals surface area contributed by atoms with Gasteiger partial charge in [-0.2, -0.15) is 0 Å². The minimum Gasteiger partial charge on any atom is -0.493 e. The normalized spacial score (nSPS) is 14.2. The predicted octanol–water partition coefficient (Wildman–Crippen LogP) is 3.64. The highest BCUT2D eigenvalue weighted by atomic mass is 35.5. The number of aryl methyl sites for hydroxylation is 1. The SMILES string of the molecule is COc1ccc(CCC(=O)NC2CCN(C(=O)Cc3ccc(Cl)cc3)CC2)cc1OC. The number of halogens is 1. The third kappa shape index (κ3) is 6.62. The first-order valence-corrected chi connectivity index (χ1v) is 10.9. The zero-order valence-electron chi connectivity index (χ0n) is 18.0. The number of amides is 2. The second-order valence-electron chi connectivity index (χ2n) is 7.72. The summed E-state index contributed by atoms with van der Waals surface area (Å²) >= 11 is 5.90. The van der Waals surface area contributed by atoms with Gasteiger partial charge in [0.2, 0.25) is 11.8 Å². The van der Waals surface area contributed by atoms with Gasteiger partial charge in [0.05, 0.1) is 20.6 Å². The summed E-state index contributed by atoms with van der Waals surface area (Å²) in [7, 11) is 3.20. The van der Waals surface area contributed by atoms with E-state index in [0.717, 1.165) is 24.0 Å². The number of carbonyl (C=O) groups is 2. The Hall–Kier alpha value is -2.73. The lowest BCUT2D eigenvalue weighted by molar-refractivity contribution is -0.131. The van der Waals surface area contributed by atoms with Gasteiger partial charge in [0.25, 0.3) is 0 Å². The van der Waals surface area contributed by atoms with Crippen molar-refractivity contribution in [3.8, 4) is 11.5 Å². The monoisotopic (exact) mass is 444 g/mol. The van der Waals surface area contributed by atoms with Crippen molar-refractivity contribution < 1.29 is 19.1 Å². The summed E-state index contributed by atoms with van der Waals surface area (Å²) in [5.74, 6) is 1.48. The summed E-state index contributed by atoms with van der Waals surface area (Å²) in [5, 5.41) is 3.77. The van der Waals surface area contributed by atoms with E-state index >= 15 is 0 Å². The molecule has 0 saturated carbocycles. The maximum absolute atomic E-state index is 12.5. The van der Waals surface area contributed by atoms with Gasteiger partial charge in [-0.1, -0.05) is 29.8 Å². The van der Waals surface area contributed by atoms with Crippen LogP contribution in [0.5, 0.6) is 11.5 Å². The molecule has 0 spiro atoms. The van der Waals surface area contributed by atoms with E-state index in [-0.39, 0.29) is 17.9 Å². The van der Waals surface area contributed by atoms with Crippen molar-refractivity contribution in [1.82, 2.24) is 10.2 Å². The molecule has 0 aromatic heterocycles. The van der Waals surface area contributed by atoms with Crippen molar-refractivity contribution in [2.45, 2.75) is 38.1 Å². The standard InChI is InChI=1S/C24H29ClN2O4/c1-30-21-9-5-17(15-22(21)31-2)6-10-23(28)26-20-11-13-27(14-12-20)24(29)16-18-3-7-19(25)8-4-18/h3-5,7-9,15,20H,6,10-14,16H2,1-2H3,(H,26,28). The van der Waals surface area contributed by atoms with E-state index in [0.29, 0.717) is 48.9 Å². The fourth-order valence-electron chi connectivity index (χ4n) is 3.76. The van der Waals surface area contributed by atoms with Crippen LogP contribution in [0.25, 0.3) is 0 Å². The number of ether oxygens (including phenoxy) is 2. The number of rotatable bonds is 8. The van der Waals surface area contributed by atoms with Gasteiger partial charge in [-0.3, -0.25) is 9.59 Å². The Balaban J connectivity index is 1.40. The molecule has 6 nitrogen and oxygen atoms in total. The molecule has 3 rings (SSSR count). The highest BCUT2D eigenvalue weighted by molar-refractivity contribution is 6.30. The number of carbonyl (C=O) groups excluding carboxylic acids is 2. The summed E-state index contributed by atoms with van der Waals surface area (Å²) < 4.78 is 10.6. The van der Waals surface area contributed by atoms with Gasteiger partial charge >= 0.3 is 0 Å². The van der Waals surface area contributed by atoms with E-state index in [1.54, 1.807) is 26.4 Å². The van der Waals surface area contributed by atoms with Crippen molar-refractivity contribution in [2.75, 3.05) is 27.3 Å². The van der Waals surface area contributed by atoms with E-state index in [9.17, 15) is 9.59 Å². The van der Waals surface area contributed by atoms with Crippen molar-refractivity contribution in [3.05, 3.63) is 58.6 Å². The van der Waals surface area contributed by atoms with Gasteiger partial charge in [0.15, 0.2) is 11.5 Å². The van der Waals surface area contributed by atoms with Crippen LogP contribution in [0.1, 0.15) is 30.4 Å². The summed E-state index contributed by atoms with van der Waals surface area (Å²) in [6.45, 7) is 1.32. The van der Waals surface area contributed by atoms with Crippen LogP contribution in [0, 0.1) is 0 Å². The molecule has 0 aliphatic carbocycles. The third-order valence-corrected chi connectivity index (χ3v) is 5.82. The van der Waals surface area contributed by atoms with Crippen molar-refractivity contribution in [3.63, 3.8) is 0 Å². The Morgan fingerprint density at radius 3 is 2.29 bits per heavy atom. The molecule has 31 heavy (non-hydrogen) atoms. The van der Waals surface area contributed by atoms with Gasteiger partial charge in [0, 0.05) is 30.6 Å². The number of nitrogens with one attached hydrogen (secondary N) is 1. The van der Waals surface area contributed by atoms with Gasteiger partial charge in [-0.15, -0.1) is 0 Å². The van der Waals surface area contributed by atoms with Gasteiger partial charge in [-0.25, -0.2) is 0 Å². The molecule has 1 aliphatic heterocycles. The zero-order valence-corrected chi connectivity index (χ0v) is 18.8. The van der Waals surface area contributed by atoms with Crippen LogP contribution in [0.3, 0.4) is 0 Å². The molecule has 0 atom stereocenters. The van der Waals surface area contributed by atoms with Gasteiger partial charge < -0.3 is 19.7 Å². The van der Waals surface area contributed by atoms with Crippen LogP contribution in [0.15, 0.2) is 42.5 Å². The van der Waals surface area contributed by atoms with E-state index in [1.165, 1.54) is 0 Å². The molecule has 1 fully saturated rings. The number of piperidine rings is 1. The lowest BCUT2D eigenvalue weighted by Gasteiger charge is -2.32. The molecule has 7 heteroatoms. The summed E-state index contributed by atoms with van der Waals surface area (Å²) in [6.07, 6.45) is 2.96. The number of nitrogens with zero attached hydrogens (tertiary/aromatic N) is 1. The van der Waals surface area contributed by atoms with Crippen molar-refractivity contribution in [1.29, 1.82) is 0 Å². The van der Waals surface area contributed by atoms with Crippen molar-refractivity contribution in [2.24, 2.45) is 0 Å². The quantitative estimate of drug-likeness (QED) is 0.675. The molecule has 2 amide bonds. The first-order valence-electron chi connectivity index (χ1n) is 10.5. The van der Waals surface area contributed by atoms with Crippen LogP contribution in [-0.2, 0) is 22.4 Å². The van der Waals surface area contributed by atoms with Gasteiger partial charge in [-0.05, 0) is 54.7 Å². The van der Waals surface area contributed by atoms with Crippen molar-refractivity contribution >= 4 is 23.4 Å². The van der Waals surface area contributed by atoms with Crippen LogP contribution < -0.4 is 14.8 Å². The Kier molecular flexibility index (Phi) is 8.18.